The van der Waals surface area contributed by atoms with Gasteiger partial charge in [0.25, 0.3) is 0 Å². The predicted octanol–water partition coefficient (Wildman–Crippen LogP) is 3.66. The van der Waals surface area contributed by atoms with Crippen LogP contribution in [0.25, 0.3) is 10.4 Å². The molecule has 0 saturated carbocycles. The number of fused-ring (bicyclic) bond motifs is 3. The Kier molecular flexibility index (Phi) is 2.17. The highest BCUT2D eigenvalue weighted by molar-refractivity contribution is 7.13. The number of hydrogen-bond donors (Lipinski definition) is 1. The van der Waals surface area contributed by atoms with Gasteiger partial charge in [0.15, 0.2) is 11.6 Å². The van der Waals surface area contributed by atoms with E-state index in [0.29, 0.717) is 11.3 Å². The lowest BCUT2D eigenvalue weighted by atomic mass is 10.1. The molecule has 1 aromatic carbocycles. The molecule has 1 N–H and O–H groups in total. The van der Waals surface area contributed by atoms with E-state index in [2.05, 4.69) is 5.32 Å². The number of halogens is 2. The largest absolute Gasteiger partial charge is 0.384 e. The van der Waals surface area contributed by atoms with Gasteiger partial charge in [-0.15, -0.1) is 11.3 Å². The van der Waals surface area contributed by atoms with Crippen molar-refractivity contribution < 1.29 is 8.78 Å². The van der Waals surface area contributed by atoms with Crippen LogP contribution in [0.4, 0.5) is 14.5 Å². The topological polar surface area (TPSA) is 12.0 Å². The monoisotopic (exact) mass is 237 g/mol. The minimum Gasteiger partial charge on any atom is -0.384 e. The first-order chi connectivity index (χ1) is 7.77. The molecule has 0 fully saturated rings. The van der Waals surface area contributed by atoms with Crippen LogP contribution in [-0.2, 0) is 6.42 Å². The van der Waals surface area contributed by atoms with Gasteiger partial charge in [-0.05, 0) is 35.6 Å². The Bertz CT molecular complexity index is 548. The van der Waals surface area contributed by atoms with Crippen LogP contribution in [-0.4, -0.2) is 6.54 Å². The van der Waals surface area contributed by atoms with Crippen molar-refractivity contribution in [2.24, 2.45) is 0 Å². The Morgan fingerprint density at radius 1 is 1.19 bits per heavy atom. The molecule has 0 saturated heterocycles. The molecule has 2 aromatic rings. The van der Waals surface area contributed by atoms with Crippen molar-refractivity contribution in [1.29, 1.82) is 0 Å². The molecule has 4 heteroatoms. The first-order valence-corrected chi connectivity index (χ1v) is 5.94. The predicted molar refractivity (Wildman–Crippen MR) is 61.9 cm³/mol. The van der Waals surface area contributed by atoms with Gasteiger partial charge in [0, 0.05) is 17.1 Å². The van der Waals surface area contributed by atoms with E-state index in [1.165, 1.54) is 17.4 Å². The van der Waals surface area contributed by atoms with Gasteiger partial charge in [0.2, 0.25) is 0 Å². The molecule has 1 aliphatic rings. The van der Waals surface area contributed by atoms with Gasteiger partial charge in [0.05, 0.1) is 5.56 Å². The van der Waals surface area contributed by atoms with Gasteiger partial charge in [-0.1, -0.05) is 0 Å². The minimum atomic E-state index is -0.790. The summed E-state index contributed by atoms with van der Waals surface area (Å²) in [5, 5.41) is 5.05. The van der Waals surface area contributed by atoms with Crippen LogP contribution in [0.3, 0.4) is 0 Å². The second-order valence-corrected chi connectivity index (χ2v) is 4.65. The highest BCUT2D eigenvalue weighted by Crippen LogP contribution is 2.39. The van der Waals surface area contributed by atoms with Gasteiger partial charge in [0.1, 0.15) is 0 Å². The Balaban J connectivity index is 2.33. The lowest BCUT2D eigenvalue weighted by Crippen LogP contribution is -2.02. The fourth-order valence-electron chi connectivity index (χ4n) is 2.00. The molecule has 0 bridgehead atoms. The average Bonchev–Trinajstić information content (AvgIpc) is 2.65. The maximum Gasteiger partial charge on any atom is 0.169 e. The van der Waals surface area contributed by atoms with E-state index in [0.717, 1.165) is 23.4 Å². The molecule has 0 aliphatic carbocycles. The van der Waals surface area contributed by atoms with Crippen molar-refractivity contribution in [2.75, 3.05) is 11.9 Å². The van der Waals surface area contributed by atoms with Crippen molar-refractivity contribution in [3.05, 3.63) is 40.8 Å². The molecule has 1 aliphatic heterocycles. The molecule has 0 unspecified atom stereocenters. The first-order valence-electron chi connectivity index (χ1n) is 5.06. The van der Waals surface area contributed by atoms with Crippen molar-refractivity contribution in [3.63, 3.8) is 0 Å². The smallest absolute Gasteiger partial charge is 0.169 e. The zero-order valence-corrected chi connectivity index (χ0v) is 9.20. The van der Waals surface area contributed by atoms with E-state index < -0.39 is 11.6 Å². The summed E-state index contributed by atoms with van der Waals surface area (Å²) in [4.78, 5) is 0.844. The van der Waals surface area contributed by atoms with Crippen molar-refractivity contribution >= 4 is 17.0 Å². The lowest BCUT2D eigenvalue weighted by molar-refractivity contribution is 0.512. The molecule has 16 heavy (non-hydrogen) atoms. The van der Waals surface area contributed by atoms with Crippen LogP contribution in [0.5, 0.6) is 0 Å². The fraction of sp³-hybridized carbons (Fsp3) is 0.167. The Morgan fingerprint density at radius 2 is 2.06 bits per heavy atom. The molecule has 0 atom stereocenters. The average molecular weight is 237 g/mol. The normalized spacial score (nSPS) is 13.6. The maximum atomic E-state index is 13.8. The molecule has 82 valence electrons. The molecule has 2 heterocycles. The van der Waals surface area contributed by atoms with E-state index in [9.17, 15) is 8.78 Å². The highest BCUT2D eigenvalue weighted by Gasteiger charge is 2.21. The summed E-state index contributed by atoms with van der Waals surface area (Å²) in [5.41, 5.74) is 2.14. The van der Waals surface area contributed by atoms with Crippen LogP contribution in [0, 0.1) is 11.6 Å². The van der Waals surface area contributed by atoms with Crippen LogP contribution in [0.2, 0.25) is 0 Å². The van der Waals surface area contributed by atoms with E-state index in [1.54, 1.807) is 6.07 Å². The van der Waals surface area contributed by atoms with Crippen molar-refractivity contribution in [1.82, 2.24) is 0 Å². The Labute approximate surface area is 95.7 Å². The van der Waals surface area contributed by atoms with E-state index >= 15 is 0 Å². The van der Waals surface area contributed by atoms with Crippen LogP contribution < -0.4 is 5.32 Å². The number of benzene rings is 1. The fourth-order valence-corrected chi connectivity index (χ4v) is 3.01. The molecular weight excluding hydrogens is 228 g/mol. The molecule has 0 spiro atoms. The number of hydrogen-bond acceptors (Lipinski definition) is 2. The van der Waals surface area contributed by atoms with Gasteiger partial charge in [-0.2, -0.15) is 0 Å². The van der Waals surface area contributed by atoms with Gasteiger partial charge in [-0.25, -0.2) is 8.78 Å². The van der Waals surface area contributed by atoms with Crippen LogP contribution in [0.1, 0.15) is 5.56 Å². The Hall–Kier alpha value is -1.42. The molecule has 3 rings (SSSR count). The minimum absolute atomic E-state index is 0.377. The van der Waals surface area contributed by atoms with E-state index in [-0.39, 0.29) is 0 Å². The summed E-state index contributed by atoms with van der Waals surface area (Å²) in [6.45, 7) is 0.752. The highest BCUT2D eigenvalue weighted by atomic mass is 32.1. The zero-order valence-electron chi connectivity index (χ0n) is 8.39. The van der Waals surface area contributed by atoms with Crippen LogP contribution >= 0.6 is 11.3 Å². The third kappa shape index (κ3) is 1.33. The summed E-state index contributed by atoms with van der Waals surface area (Å²) in [5.74, 6) is -1.54. The van der Waals surface area contributed by atoms with Crippen molar-refractivity contribution in [2.45, 2.75) is 6.42 Å². The van der Waals surface area contributed by atoms with E-state index in [1.807, 2.05) is 11.4 Å². The zero-order chi connectivity index (χ0) is 11.1. The summed E-state index contributed by atoms with van der Waals surface area (Å²) >= 11 is 1.46. The molecular formula is C12H9F2NS. The van der Waals surface area contributed by atoms with Crippen LogP contribution in [0.15, 0.2) is 23.6 Å². The molecule has 1 aromatic heterocycles. The summed E-state index contributed by atoms with van der Waals surface area (Å²) < 4.78 is 27.1. The molecule has 1 nitrogen and oxygen atoms in total. The quantitative estimate of drug-likeness (QED) is 0.737. The van der Waals surface area contributed by atoms with Gasteiger partial charge < -0.3 is 5.32 Å². The number of thiophene rings is 1. The summed E-state index contributed by atoms with van der Waals surface area (Å²) in [7, 11) is 0. The van der Waals surface area contributed by atoms with Gasteiger partial charge in [-0.3, -0.25) is 0 Å². The lowest BCUT2D eigenvalue weighted by Gasteiger charge is -2.08. The standard InChI is InChI=1S/C12H9F2NS/c13-8-1-2-9-10(11(8)14)12-7(3-5-15-9)4-6-16-12/h1-2,4,6,15H,3,5H2. The number of nitrogens with one attached hydrogen (secondary N) is 1. The second kappa shape index (κ2) is 3.56. The molecule has 0 amide bonds. The third-order valence-electron chi connectivity index (χ3n) is 2.78. The Morgan fingerprint density at radius 3 is 2.94 bits per heavy atom. The second-order valence-electron chi connectivity index (χ2n) is 3.74. The SMILES string of the molecule is Fc1ccc2c(c1F)-c1sccc1CCN2. The summed E-state index contributed by atoms with van der Waals surface area (Å²) in [6.07, 6.45) is 0.842. The first kappa shape index (κ1) is 9.78. The third-order valence-corrected chi connectivity index (χ3v) is 3.75. The maximum absolute atomic E-state index is 13.8. The van der Waals surface area contributed by atoms with Crippen molar-refractivity contribution in [3.8, 4) is 10.4 Å². The number of anilines is 1. The number of rotatable bonds is 0. The molecule has 0 radical (unpaired) electrons. The van der Waals surface area contributed by atoms with E-state index in [4.69, 9.17) is 0 Å². The summed E-state index contributed by atoms with van der Waals surface area (Å²) in [6, 6.07) is 4.74. The van der Waals surface area contributed by atoms with Gasteiger partial charge >= 0.3 is 0 Å².